The molecule has 0 bridgehead atoms. The molecule has 1 aromatic carbocycles. The SMILES string of the molecule is CCc1ccc(CCB2OC(C)(C)C(C)(C)O2)cc1. The van der Waals surface area contributed by atoms with Crippen LogP contribution in [0.15, 0.2) is 24.3 Å². The summed E-state index contributed by atoms with van der Waals surface area (Å²) in [5.41, 5.74) is 2.30. The molecule has 0 atom stereocenters. The zero-order chi connectivity index (χ0) is 14.1. The van der Waals surface area contributed by atoms with Crippen LogP contribution in [0.2, 0.25) is 6.32 Å². The molecule has 1 aliphatic rings. The second kappa shape index (κ2) is 5.30. The Morgan fingerprint density at radius 1 is 0.895 bits per heavy atom. The number of hydrogen-bond donors (Lipinski definition) is 0. The fourth-order valence-electron chi connectivity index (χ4n) is 2.31. The summed E-state index contributed by atoms with van der Waals surface area (Å²) in [7, 11) is -0.0872. The van der Waals surface area contributed by atoms with Gasteiger partial charge < -0.3 is 9.31 Å². The predicted octanol–water partition coefficient (Wildman–Crippen LogP) is 3.88. The molecule has 0 radical (unpaired) electrons. The van der Waals surface area contributed by atoms with E-state index in [-0.39, 0.29) is 18.3 Å². The highest BCUT2D eigenvalue weighted by Gasteiger charge is 2.50. The van der Waals surface area contributed by atoms with Gasteiger partial charge in [0.15, 0.2) is 0 Å². The number of hydrogen-bond acceptors (Lipinski definition) is 2. The van der Waals surface area contributed by atoms with E-state index in [0.717, 1.165) is 19.2 Å². The Hall–Kier alpha value is -0.795. The van der Waals surface area contributed by atoms with Crippen LogP contribution in [0.1, 0.15) is 45.7 Å². The predicted molar refractivity (Wildman–Crippen MR) is 80.4 cm³/mol. The van der Waals surface area contributed by atoms with Crippen molar-refractivity contribution in [3.8, 4) is 0 Å². The van der Waals surface area contributed by atoms with E-state index in [2.05, 4.69) is 58.9 Å². The van der Waals surface area contributed by atoms with Crippen LogP contribution < -0.4 is 0 Å². The summed E-state index contributed by atoms with van der Waals surface area (Å²) in [6, 6.07) is 8.84. The van der Waals surface area contributed by atoms with E-state index in [0.29, 0.717) is 0 Å². The fourth-order valence-corrected chi connectivity index (χ4v) is 2.31. The molecule has 2 rings (SSSR count). The summed E-state index contributed by atoms with van der Waals surface area (Å²) in [5.74, 6) is 0. The van der Waals surface area contributed by atoms with Gasteiger partial charge in [0.05, 0.1) is 11.2 Å². The van der Waals surface area contributed by atoms with E-state index in [9.17, 15) is 0 Å². The molecule has 2 nitrogen and oxygen atoms in total. The van der Waals surface area contributed by atoms with Crippen molar-refractivity contribution >= 4 is 7.12 Å². The number of benzene rings is 1. The molecule has 0 aromatic heterocycles. The van der Waals surface area contributed by atoms with Crippen LogP contribution in [-0.4, -0.2) is 18.3 Å². The summed E-state index contributed by atoms with van der Waals surface area (Å²) < 4.78 is 12.0. The molecule has 3 heteroatoms. The molecule has 0 unspecified atom stereocenters. The maximum Gasteiger partial charge on any atom is 0.458 e. The normalized spacial score (nSPS) is 20.8. The minimum atomic E-state index is -0.219. The molecule has 19 heavy (non-hydrogen) atoms. The summed E-state index contributed by atoms with van der Waals surface area (Å²) in [6.07, 6.45) is 3.01. The van der Waals surface area contributed by atoms with Gasteiger partial charge in [-0.25, -0.2) is 0 Å². The summed E-state index contributed by atoms with van der Waals surface area (Å²) >= 11 is 0. The van der Waals surface area contributed by atoms with Crippen molar-refractivity contribution in [2.75, 3.05) is 0 Å². The smallest absolute Gasteiger partial charge is 0.403 e. The van der Waals surface area contributed by atoms with E-state index < -0.39 is 0 Å². The molecule has 1 aromatic rings. The lowest BCUT2D eigenvalue weighted by molar-refractivity contribution is 0.00578. The molecule has 1 aliphatic heterocycles. The van der Waals surface area contributed by atoms with Crippen molar-refractivity contribution in [1.82, 2.24) is 0 Å². The van der Waals surface area contributed by atoms with Crippen LogP contribution >= 0.6 is 0 Å². The van der Waals surface area contributed by atoms with Crippen molar-refractivity contribution in [1.29, 1.82) is 0 Å². The lowest BCUT2D eigenvalue weighted by atomic mass is 9.81. The molecule has 0 aliphatic carbocycles. The Labute approximate surface area is 117 Å². The van der Waals surface area contributed by atoms with Gasteiger partial charge in [-0.3, -0.25) is 0 Å². The lowest BCUT2D eigenvalue weighted by Gasteiger charge is -2.32. The first-order valence-corrected chi connectivity index (χ1v) is 7.27. The van der Waals surface area contributed by atoms with Crippen molar-refractivity contribution in [2.45, 2.75) is 65.0 Å². The highest BCUT2D eigenvalue weighted by atomic mass is 16.7. The van der Waals surface area contributed by atoms with Gasteiger partial charge in [-0.1, -0.05) is 31.2 Å². The highest BCUT2D eigenvalue weighted by molar-refractivity contribution is 6.45. The van der Waals surface area contributed by atoms with Gasteiger partial charge >= 0.3 is 7.12 Å². The highest BCUT2D eigenvalue weighted by Crippen LogP contribution is 2.37. The van der Waals surface area contributed by atoms with Crippen LogP contribution in [0.3, 0.4) is 0 Å². The van der Waals surface area contributed by atoms with Gasteiger partial charge in [-0.05, 0) is 58.0 Å². The van der Waals surface area contributed by atoms with Gasteiger partial charge in [0.25, 0.3) is 0 Å². The first-order chi connectivity index (χ1) is 8.84. The molecule has 0 amide bonds. The molecule has 0 saturated carbocycles. The first kappa shape index (κ1) is 14.6. The zero-order valence-corrected chi connectivity index (χ0v) is 12.8. The third kappa shape index (κ3) is 3.21. The van der Waals surface area contributed by atoms with E-state index >= 15 is 0 Å². The maximum atomic E-state index is 6.01. The van der Waals surface area contributed by atoms with Crippen molar-refractivity contribution < 1.29 is 9.31 Å². The summed E-state index contributed by atoms with van der Waals surface area (Å²) in [5, 5.41) is 0. The van der Waals surface area contributed by atoms with E-state index in [1.54, 1.807) is 0 Å². The van der Waals surface area contributed by atoms with Crippen LogP contribution in [0.4, 0.5) is 0 Å². The zero-order valence-electron chi connectivity index (χ0n) is 12.8. The Morgan fingerprint density at radius 3 is 1.84 bits per heavy atom. The Morgan fingerprint density at radius 2 is 1.37 bits per heavy atom. The van der Waals surface area contributed by atoms with Gasteiger partial charge in [-0.2, -0.15) is 0 Å². The van der Waals surface area contributed by atoms with Crippen LogP contribution in [-0.2, 0) is 22.2 Å². The van der Waals surface area contributed by atoms with E-state index in [4.69, 9.17) is 9.31 Å². The largest absolute Gasteiger partial charge is 0.458 e. The number of rotatable bonds is 4. The summed E-state index contributed by atoms with van der Waals surface area (Å²) in [4.78, 5) is 0. The maximum absolute atomic E-state index is 6.01. The molecular formula is C16H25BO2. The molecule has 1 fully saturated rings. The standard InChI is InChI=1S/C16H25BO2/c1-6-13-7-9-14(10-8-13)11-12-17-18-15(2,3)16(4,5)19-17/h7-10H,6,11-12H2,1-5H3. The van der Waals surface area contributed by atoms with Crippen LogP contribution in [0.25, 0.3) is 0 Å². The van der Waals surface area contributed by atoms with E-state index in [1.165, 1.54) is 11.1 Å². The minimum absolute atomic E-state index is 0.0872. The topological polar surface area (TPSA) is 18.5 Å². The molecule has 104 valence electrons. The molecule has 0 spiro atoms. The molecule has 1 saturated heterocycles. The Kier molecular flexibility index (Phi) is 4.07. The average Bonchev–Trinajstić information content (AvgIpc) is 2.56. The van der Waals surface area contributed by atoms with E-state index in [1.807, 2.05) is 0 Å². The average molecular weight is 260 g/mol. The fraction of sp³-hybridized carbons (Fsp3) is 0.625. The third-order valence-electron chi connectivity index (χ3n) is 4.40. The number of aryl methyl sites for hydroxylation is 2. The van der Waals surface area contributed by atoms with Crippen LogP contribution in [0, 0.1) is 0 Å². The quantitative estimate of drug-likeness (QED) is 0.765. The minimum Gasteiger partial charge on any atom is -0.403 e. The Balaban J connectivity index is 1.90. The Bertz CT molecular complexity index is 407. The van der Waals surface area contributed by atoms with Crippen molar-refractivity contribution in [3.05, 3.63) is 35.4 Å². The van der Waals surface area contributed by atoms with Crippen molar-refractivity contribution in [2.24, 2.45) is 0 Å². The van der Waals surface area contributed by atoms with Gasteiger partial charge in [-0.15, -0.1) is 0 Å². The monoisotopic (exact) mass is 260 g/mol. The third-order valence-corrected chi connectivity index (χ3v) is 4.40. The molecular weight excluding hydrogens is 235 g/mol. The second-order valence-electron chi connectivity index (χ2n) is 6.39. The van der Waals surface area contributed by atoms with Gasteiger partial charge in [0, 0.05) is 0 Å². The second-order valence-corrected chi connectivity index (χ2v) is 6.39. The van der Waals surface area contributed by atoms with Gasteiger partial charge in [0.1, 0.15) is 0 Å². The molecule has 1 heterocycles. The first-order valence-electron chi connectivity index (χ1n) is 7.27. The van der Waals surface area contributed by atoms with Crippen LogP contribution in [0.5, 0.6) is 0 Å². The van der Waals surface area contributed by atoms with Crippen molar-refractivity contribution in [3.63, 3.8) is 0 Å². The molecule has 0 N–H and O–H groups in total. The lowest BCUT2D eigenvalue weighted by Crippen LogP contribution is -2.41. The summed E-state index contributed by atoms with van der Waals surface area (Å²) in [6.45, 7) is 10.6. The van der Waals surface area contributed by atoms with Gasteiger partial charge in [0.2, 0.25) is 0 Å².